The molecule has 0 radical (unpaired) electrons. The number of sulfonamides is 1. The largest absolute Gasteiger partial charge is 0.476 e. The molecule has 0 spiro atoms. The van der Waals surface area contributed by atoms with E-state index in [1.807, 2.05) is 20.8 Å². The summed E-state index contributed by atoms with van der Waals surface area (Å²) < 4.78 is 31.5. The summed E-state index contributed by atoms with van der Waals surface area (Å²) in [6.07, 6.45) is 0.212. The van der Waals surface area contributed by atoms with E-state index in [0.717, 1.165) is 22.9 Å². The summed E-state index contributed by atoms with van der Waals surface area (Å²) in [4.78, 5) is 12.9. The molecule has 0 aromatic heterocycles. The summed E-state index contributed by atoms with van der Waals surface area (Å²) in [5, 5.41) is 2.97. The Morgan fingerprint density at radius 1 is 1.14 bits per heavy atom. The number of nitrogens with one attached hydrogen (secondary N) is 1. The Hall–Kier alpha value is -2.54. The average molecular weight is 403 g/mol. The van der Waals surface area contributed by atoms with Gasteiger partial charge in [0.1, 0.15) is 5.75 Å². The highest BCUT2D eigenvalue weighted by Gasteiger charge is 2.35. The number of nitrogens with zero attached hydrogens (tertiary/aromatic N) is 1. The third-order valence-electron chi connectivity index (χ3n) is 5.14. The van der Waals surface area contributed by atoms with Crippen LogP contribution in [-0.2, 0) is 14.8 Å². The van der Waals surface area contributed by atoms with Crippen molar-refractivity contribution in [1.29, 1.82) is 0 Å². The summed E-state index contributed by atoms with van der Waals surface area (Å²) >= 11 is 0. The number of hydrogen-bond acceptors (Lipinski definition) is 4. The van der Waals surface area contributed by atoms with E-state index in [1.165, 1.54) is 9.87 Å². The van der Waals surface area contributed by atoms with Gasteiger partial charge in [-0.2, -0.15) is 0 Å². The zero-order valence-electron chi connectivity index (χ0n) is 16.8. The average Bonchev–Trinajstić information content (AvgIpc) is 2.62. The first-order valence-electron chi connectivity index (χ1n) is 9.19. The van der Waals surface area contributed by atoms with Gasteiger partial charge in [0.15, 0.2) is 6.10 Å². The van der Waals surface area contributed by atoms with Gasteiger partial charge in [0, 0.05) is 0 Å². The fourth-order valence-electron chi connectivity index (χ4n) is 3.49. The van der Waals surface area contributed by atoms with Crippen LogP contribution in [0.4, 0.5) is 5.69 Å². The number of amides is 1. The van der Waals surface area contributed by atoms with Gasteiger partial charge in [-0.1, -0.05) is 24.3 Å². The molecule has 0 saturated heterocycles. The minimum atomic E-state index is -3.53. The molecular weight excluding hydrogens is 376 g/mol. The lowest BCUT2D eigenvalue weighted by molar-refractivity contribution is -0.128. The molecule has 0 aliphatic carbocycles. The maximum Gasteiger partial charge on any atom is 0.263 e. The monoisotopic (exact) mass is 402 g/mol. The van der Waals surface area contributed by atoms with Gasteiger partial charge in [-0.3, -0.25) is 9.10 Å². The third-order valence-corrected chi connectivity index (χ3v) is 6.28. The second-order valence-electron chi connectivity index (χ2n) is 7.39. The van der Waals surface area contributed by atoms with E-state index in [4.69, 9.17) is 4.74 Å². The third kappa shape index (κ3) is 3.99. The van der Waals surface area contributed by atoms with Crippen LogP contribution in [0.1, 0.15) is 35.2 Å². The quantitative estimate of drug-likeness (QED) is 0.853. The number of carbonyl (C=O) groups excluding carboxylic acids is 1. The second kappa shape index (κ2) is 7.47. The van der Waals surface area contributed by atoms with E-state index in [0.29, 0.717) is 11.4 Å². The molecule has 1 amide bonds. The van der Waals surface area contributed by atoms with Gasteiger partial charge in [0.2, 0.25) is 10.0 Å². The molecular formula is C21H26N2O4S. The lowest BCUT2D eigenvalue weighted by atomic mass is 9.96. The maximum atomic E-state index is 12.9. The van der Waals surface area contributed by atoms with E-state index in [1.54, 1.807) is 24.3 Å². The number of benzene rings is 2. The number of ether oxygens (including phenoxy) is 1. The van der Waals surface area contributed by atoms with Gasteiger partial charge in [0.25, 0.3) is 5.91 Å². The molecule has 1 aliphatic heterocycles. The van der Waals surface area contributed by atoms with E-state index in [2.05, 4.69) is 24.4 Å². The van der Waals surface area contributed by atoms with Crippen molar-refractivity contribution in [2.75, 3.05) is 17.1 Å². The van der Waals surface area contributed by atoms with Crippen LogP contribution in [0.15, 0.2) is 36.4 Å². The van der Waals surface area contributed by atoms with Crippen LogP contribution in [0, 0.1) is 20.8 Å². The van der Waals surface area contributed by atoms with Crippen molar-refractivity contribution in [1.82, 2.24) is 5.32 Å². The van der Waals surface area contributed by atoms with Crippen molar-refractivity contribution in [3.8, 4) is 5.75 Å². The first-order chi connectivity index (χ1) is 13.1. The Morgan fingerprint density at radius 2 is 1.79 bits per heavy atom. The molecule has 0 saturated carbocycles. The second-order valence-corrected chi connectivity index (χ2v) is 9.30. The van der Waals surface area contributed by atoms with Gasteiger partial charge < -0.3 is 10.1 Å². The number of rotatable bonds is 4. The zero-order valence-corrected chi connectivity index (χ0v) is 17.6. The molecule has 1 N–H and O–H groups in total. The van der Waals surface area contributed by atoms with Crippen molar-refractivity contribution in [2.45, 2.75) is 39.8 Å². The Bertz CT molecular complexity index is 1020. The maximum absolute atomic E-state index is 12.9. The van der Waals surface area contributed by atoms with Crippen LogP contribution in [0.25, 0.3) is 0 Å². The number of carbonyl (C=O) groups is 1. The molecule has 2 aromatic rings. The Labute approximate surface area is 166 Å². The highest BCUT2D eigenvalue weighted by molar-refractivity contribution is 7.92. The summed E-state index contributed by atoms with van der Waals surface area (Å²) in [7, 11) is -3.53. The molecule has 6 nitrogen and oxygen atoms in total. The Morgan fingerprint density at radius 3 is 2.46 bits per heavy atom. The smallest absolute Gasteiger partial charge is 0.263 e. The van der Waals surface area contributed by atoms with Crippen molar-refractivity contribution in [3.63, 3.8) is 0 Å². The zero-order chi connectivity index (χ0) is 20.6. The molecule has 3 rings (SSSR count). The standard InChI is InChI=1S/C21H26N2O4S/c1-13-10-15(3)17(11-14(13)2)16(4)22-21(24)20-12-23(28(5,25)26)18-8-6-7-9-19(18)27-20/h6-11,16,20H,12H2,1-5H3,(H,22,24). The lowest BCUT2D eigenvalue weighted by Crippen LogP contribution is -2.50. The van der Waals surface area contributed by atoms with Gasteiger partial charge in [-0.15, -0.1) is 0 Å². The summed E-state index contributed by atoms with van der Waals surface area (Å²) in [5.74, 6) is 0.0441. The lowest BCUT2D eigenvalue weighted by Gasteiger charge is -2.34. The predicted octanol–water partition coefficient (Wildman–Crippen LogP) is 3.02. The number of hydrogen-bond donors (Lipinski definition) is 1. The summed E-state index contributed by atoms with van der Waals surface area (Å²) in [5.41, 5.74) is 4.95. The van der Waals surface area contributed by atoms with Crippen molar-refractivity contribution < 1.29 is 17.9 Å². The molecule has 1 aliphatic rings. The number of aryl methyl sites for hydroxylation is 3. The number of para-hydroxylation sites is 2. The molecule has 2 atom stereocenters. The minimum absolute atomic E-state index is 0.0553. The van der Waals surface area contributed by atoms with Crippen LogP contribution >= 0.6 is 0 Å². The molecule has 28 heavy (non-hydrogen) atoms. The molecule has 0 fully saturated rings. The highest BCUT2D eigenvalue weighted by atomic mass is 32.2. The molecule has 0 bridgehead atoms. The number of anilines is 1. The molecule has 2 unspecified atom stereocenters. The number of fused-ring (bicyclic) bond motifs is 1. The van der Waals surface area contributed by atoms with Crippen LogP contribution in [0.5, 0.6) is 5.75 Å². The molecule has 7 heteroatoms. The Balaban J connectivity index is 1.83. The Kier molecular flexibility index (Phi) is 5.39. The predicted molar refractivity (Wildman–Crippen MR) is 110 cm³/mol. The molecule has 1 heterocycles. The molecule has 2 aromatic carbocycles. The van der Waals surface area contributed by atoms with Gasteiger partial charge in [-0.05, 0) is 62.1 Å². The fraction of sp³-hybridized carbons (Fsp3) is 0.381. The first-order valence-corrected chi connectivity index (χ1v) is 11.0. The first kappa shape index (κ1) is 20.2. The normalized spacial score (nSPS) is 17.5. The van der Waals surface area contributed by atoms with Crippen molar-refractivity contribution >= 4 is 21.6 Å². The fourth-order valence-corrected chi connectivity index (χ4v) is 4.40. The topological polar surface area (TPSA) is 75.7 Å². The van der Waals surface area contributed by atoms with Gasteiger partial charge in [-0.25, -0.2) is 8.42 Å². The van der Waals surface area contributed by atoms with E-state index in [-0.39, 0.29) is 18.5 Å². The minimum Gasteiger partial charge on any atom is -0.476 e. The van der Waals surface area contributed by atoms with Gasteiger partial charge in [0.05, 0.1) is 24.5 Å². The summed E-state index contributed by atoms with van der Waals surface area (Å²) in [6, 6.07) is 10.8. The van der Waals surface area contributed by atoms with Crippen LogP contribution in [-0.4, -0.2) is 33.2 Å². The summed E-state index contributed by atoms with van der Waals surface area (Å²) in [6.45, 7) is 7.98. The van der Waals surface area contributed by atoms with E-state index < -0.39 is 16.1 Å². The highest BCUT2D eigenvalue weighted by Crippen LogP contribution is 2.34. The molecule has 150 valence electrons. The van der Waals surface area contributed by atoms with Crippen LogP contribution in [0.2, 0.25) is 0 Å². The SMILES string of the molecule is Cc1cc(C)c(C(C)NC(=O)C2CN(S(C)(=O)=O)c3ccccc3O2)cc1C. The van der Waals surface area contributed by atoms with Gasteiger partial charge >= 0.3 is 0 Å². The van der Waals surface area contributed by atoms with Crippen LogP contribution in [0.3, 0.4) is 0 Å². The van der Waals surface area contributed by atoms with E-state index >= 15 is 0 Å². The van der Waals surface area contributed by atoms with Crippen molar-refractivity contribution in [3.05, 3.63) is 58.7 Å². The van der Waals surface area contributed by atoms with Crippen LogP contribution < -0.4 is 14.4 Å². The van der Waals surface area contributed by atoms with E-state index in [9.17, 15) is 13.2 Å². The van der Waals surface area contributed by atoms with Crippen molar-refractivity contribution in [2.24, 2.45) is 0 Å².